The van der Waals surface area contributed by atoms with Crippen molar-refractivity contribution in [3.63, 3.8) is 0 Å². The van der Waals surface area contributed by atoms with E-state index in [-0.39, 0.29) is 23.2 Å². The van der Waals surface area contributed by atoms with Crippen LogP contribution in [-0.2, 0) is 0 Å². The van der Waals surface area contributed by atoms with Crippen molar-refractivity contribution in [2.45, 2.75) is 58.4 Å². The van der Waals surface area contributed by atoms with Crippen LogP contribution in [0.5, 0.6) is 0 Å². The zero-order valence-electron chi connectivity index (χ0n) is 14.9. The summed E-state index contributed by atoms with van der Waals surface area (Å²) in [6, 6.07) is 2.04. The van der Waals surface area contributed by atoms with Crippen LogP contribution in [0.4, 0.5) is 0 Å². The first-order valence-corrected chi connectivity index (χ1v) is 9.52. The smallest absolute Gasteiger partial charge is 0.291 e. The quantitative estimate of drug-likeness (QED) is 0.933. The van der Waals surface area contributed by atoms with Crippen molar-refractivity contribution >= 4 is 11.7 Å². The van der Waals surface area contributed by atoms with Crippen LogP contribution >= 0.6 is 0 Å². The molecule has 1 N–H and O–H groups in total. The minimum absolute atomic E-state index is 0.173. The summed E-state index contributed by atoms with van der Waals surface area (Å²) < 4.78 is 1.63. The van der Waals surface area contributed by atoms with Crippen LogP contribution in [-0.4, -0.2) is 31.5 Å². The summed E-state index contributed by atoms with van der Waals surface area (Å²) in [7, 11) is 0. The highest BCUT2D eigenvalue weighted by Crippen LogP contribution is 2.61. The topological polar surface area (TPSA) is 72.2 Å². The van der Waals surface area contributed by atoms with E-state index in [1.54, 1.807) is 10.7 Å². The van der Waals surface area contributed by atoms with E-state index in [0.29, 0.717) is 5.78 Å². The Bertz CT molecular complexity index is 806. The van der Waals surface area contributed by atoms with Crippen LogP contribution in [0.15, 0.2) is 12.3 Å². The number of carbonyl (C=O) groups is 1. The van der Waals surface area contributed by atoms with E-state index in [1.807, 2.05) is 13.0 Å². The van der Waals surface area contributed by atoms with Crippen molar-refractivity contribution in [1.29, 1.82) is 0 Å². The predicted octanol–water partition coefficient (Wildman–Crippen LogP) is 2.77. The second-order valence-electron chi connectivity index (χ2n) is 8.71. The average Bonchev–Trinajstić information content (AvgIpc) is 2.99. The van der Waals surface area contributed by atoms with E-state index in [2.05, 4.69) is 27.3 Å². The molecule has 25 heavy (non-hydrogen) atoms. The van der Waals surface area contributed by atoms with E-state index in [1.165, 1.54) is 38.5 Å². The van der Waals surface area contributed by atoms with Crippen LogP contribution in [0.3, 0.4) is 0 Å². The van der Waals surface area contributed by atoms with E-state index in [9.17, 15) is 4.79 Å². The van der Waals surface area contributed by atoms with Gasteiger partial charge in [-0.2, -0.15) is 4.98 Å². The highest BCUT2D eigenvalue weighted by molar-refractivity contribution is 5.91. The van der Waals surface area contributed by atoms with Crippen LogP contribution < -0.4 is 5.32 Å². The number of hydrogen-bond donors (Lipinski definition) is 1. The molecule has 0 radical (unpaired) electrons. The molecule has 4 fully saturated rings. The summed E-state index contributed by atoms with van der Waals surface area (Å²) in [6.07, 6.45) is 9.77. The van der Waals surface area contributed by atoms with Crippen molar-refractivity contribution in [2.75, 3.05) is 0 Å². The fraction of sp³-hybridized carbons (Fsp3) is 0.684. The molecular formula is C19H25N5O. The SMILES string of the molecule is Cc1ccnc2nc(C(=O)N[C@H](C)C34CC5CC(CC(C5)C3)C4)nn12. The van der Waals surface area contributed by atoms with Gasteiger partial charge < -0.3 is 5.32 Å². The normalized spacial score (nSPS) is 34.4. The van der Waals surface area contributed by atoms with Gasteiger partial charge in [-0.05, 0) is 81.6 Å². The van der Waals surface area contributed by atoms with Gasteiger partial charge in [0, 0.05) is 17.9 Å². The molecule has 0 aliphatic heterocycles. The maximum atomic E-state index is 12.8. The standard InChI is InChI=1S/C19H25N5O/c1-11-3-4-20-18-22-16(23-24(11)18)17(25)21-12(2)19-8-13-5-14(9-19)7-15(6-13)10-19/h3-4,12-15H,5-10H2,1-2H3,(H,21,25)/t12-,13?,14?,15?,19?/m1/s1. The molecule has 0 unspecified atom stereocenters. The largest absolute Gasteiger partial charge is 0.346 e. The van der Waals surface area contributed by atoms with E-state index < -0.39 is 0 Å². The lowest BCUT2D eigenvalue weighted by molar-refractivity contribution is -0.0688. The molecule has 4 saturated carbocycles. The number of aryl methyl sites for hydroxylation is 1. The summed E-state index contributed by atoms with van der Waals surface area (Å²) in [5.41, 5.74) is 1.21. The second kappa shape index (κ2) is 5.26. The molecule has 6 rings (SSSR count). The van der Waals surface area contributed by atoms with Gasteiger partial charge in [0.2, 0.25) is 5.82 Å². The van der Waals surface area contributed by atoms with Gasteiger partial charge in [0.05, 0.1) is 0 Å². The van der Waals surface area contributed by atoms with Gasteiger partial charge in [-0.3, -0.25) is 4.79 Å². The van der Waals surface area contributed by atoms with E-state index in [4.69, 9.17) is 0 Å². The summed E-state index contributed by atoms with van der Waals surface area (Å²) >= 11 is 0. The number of nitrogens with zero attached hydrogens (tertiary/aromatic N) is 4. The lowest BCUT2D eigenvalue weighted by atomic mass is 9.48. The van der Waals surface area contributed by atoms with Crippen molar-refractivity contribution in [3.8, 4) is 0 Å². The summed E-state index contributed by atoms with van der Waals surface area (Å²) in [4.78, 5) is 21.2. The van der Waals surface area contributed by atoms with Gasteiger partial charge in [0.1, 0.15) is 0 Å². The Morgan fingerprint density at radius 2 is 1.88 bits per heavy atom. The molecule has 1 amide bonds. The lowest BCUT2D eigenvalue weighted by Crippen LogP contribution is -2.55. The Morgan fingerprint density at radius 1 is 1.24 bits per heavy atom. The zero-order chi connectivity index (χ0) is 17.2. The maximum absolute atomic E-state index is 12.8. The van der Waals surface area contributed by atoms with Gasteiger partial charge >= 0.3 is 0 Å². The summed E-state index contributed by atoms with van der Waals surface area (Å²) in [5.74, 6) is 3.17. The average molecular weight is 339 g/mol. The third-order valence-electron chi connectivity index (χ3n) is 6.98. The lowest BCUT2D eigenvalue weighted by Gasteiger charge is -2.59. The molecule has 4 bridgehead atoms. The van der Waals surface area contributed by atoms with Crippen molar-refractivity contribution in [1.82, 2.24) is 24.9 Å². The molecule has 0 spiro atoms. The fourth-order valence-electron chi connectivity index (χ4n) is 6.12. The van der Waals surface area contributed by atoms with Crippen molar-refractivity contribution in [2.24, 2.45) is 23.2 Å². The Morgan fingerprint density at radius 3 is 2.48 bits per heavy atom. The number of rotatable bonds is 3. The number of fused-ring (bicyclic) bond motifs is 1. The van der Waals surface area contributed by atoms with Crippen LogP contribution in [0.1, 0.15) is 61.8 Å². The molecular weight excluding hydrogens is 314 g/mol. The number of carbonyl (C=O) groups excluding carboxylic acids is 1. The molecule has 6 heteroatoms. The van der Waals surface area contributed by atoms with Crippen molar-refractivity contribution < 1.29 is 4.79 Å². The first-order chi connectivity index (χ1) is 12.0. The highest BCUT2D eigenvalue weighted by Gasteiger charge is 2.53. The minimum atomic E-state index is -0.173. The predicted molar refractivity (Wildman–Crippen MR) is 93.1 cm³/mol. The number of aromatic nitrogens is 4. The molecule has 132 valence electrons. The molecule has 4 aliphatic rings. The summed E-state index contributed by atoms with van der Waals surface area (Å²) in [6.45, 7) is 4.12. The molecule has 2 aromatic heterocycles. The molecule has 2 heterocycles. The van der Waals surface area contributed by atoms with Gasteiger partial charge in [0.15, 0.2) is 0 Å². The first-order valence-electron chi connectivity index (χ1n) is 9.52. The Kier molecular flexibility index (Phi) is 3.21. The maximum Gasteiger partial charge on any atom is 0.291 e. The van der Waals surface area contributed by atoms with Crippen LogP contribution in [0, 0.1) is 30.1 Å². The van der Waals surface area contributed by atoms with Gasteiger partial charge in [-0.1, -0.05) is 0 Å². The zero-order valence-corrected chi connectivity index (χ0v) is 14.9. The van der Waals surface area contributed by atoms with Crippen LogP contribution in [0.25, 0.3) is 5.78 Å². The van der Waals surface area contributed by atoms with E-state index >= 15 is 0 Å². The Labute approximate surface area is 147 Å². The van der Waals surface area contributed by atoms with Crippen LogP contribution in [0.2, 0.25) is 0 Å². The molecule has 0 saturated heterocycles. The second-order valence-corrected chi connectivity index (χ2v) is 8.71. The monoisotopic (exact) mass is 339 g/mol. The van der Waals surface area contributed by atoms with Gasteiger partial charge in [-0.15, -0.1) is 5.10 Å². The molecule has 4 aliphatic carbocycles. The molecule has 1 atom stereocenters. The van der Waals surface area contributed by atoms with Gasteiger partial charge in [-0.25, -0.2) is 9.50 Å². The number of hydrogen-bond acceptors (Lipinski definition) is 4. The third kappa shape index (κ3) is 2.37. The minimum Gasteiger partial charge on any atom is -0.346 e. The number of amides is 1. The highest BCUT2D eigenvalue weighted by atomic mass is 16.2. The van der Waals surface area contributed by atoms with Gasteiger partial charge in [0.25, 0.3) is 11.7 Å². The molecule has 2 aromatic rings. The first kappa shape index (κ1) is 15.3. The molecule has 0 aromatic carbocycles. The summed E-state index contributed by atoms with van der Waals surface area (Å²) in [5, 5.41) is 7.57. The third-order valence-corrected chi connectivity index (χ3v) is 6.98. The number of nitrogens with one attached hydrogen (secondary N) is 1. The van der Waals surface area contributed by atoms with Crippen molar-refractivity contribution in [3.05, 3.63) is 23.8 Å². The molecule has 6 nitrogen and oxygen atoms in total. The Hall–Kier alpha value is -1.98. The van der Waals surface area contributed by atoms with E-state index in [0.717, 1.165) is 23.4 Å². The Balaban J connectivity index is 1.37. The fourth-order valence-corrected chi connectivity index (χ4v) is 6.12.